The summed E-state index contributed by atoms with van der Waals surface area (Å²) in [4.78, 5) is 14.4. The van der Waals surface area contributed by atoms with Gasteiger partial charge in [-0.15, -0.1) is 0 Å². The predicted octanol–water partition coefficient (Wildman–Crippen LogP) is 2.35. The maximum Gasteiger partial charge on any atom is 0.260 e. The molecule has 0 aliphatic carbocycles. The Morgan fingerprint density at radius 1 is 1.43 bits per heavy atom. The van der Waals surface area contributed by atoms with Crippen molar-refractivity contribution in [2.45, 2.75) is 26.2 Å². The normalized spacial score (nSPS) is 18.3. The summed E-state index contributed by atoms with van der Waals surface area (Å²) in [5.41, 5.74) is 6.34. The number of piperidine rings is 1. The van der Waals surface area contributed by atoms with Crippen LogP contribution in [0.4, 0.5) is 0 Å². The summed E-state index contributed by atoms with van der Waals surface area (Å²) in [6, 6.07) is 7.17. The van der Waals surface area contributed by atoms with Gasteiger partial charge in [0.15, 0.2) is 6.61 Å². The van der Waals surface area contributed by atoms with E-state index in [4.69, 9.17) is 22.7 Å². The van der Waals surface area contributed by atoms with Gasteiger partial charge in [-0.2, -0.15) is 0 Å². The average Bonchev–Trinajstić information content (AvgIpc) is 2.53. The summed E-state index contributed by atoms with van der Waals surface area (Å²) in [5.74, 6) is 1.35. The van der Waals surface area contributed by atoms with Crippen molar-refractivity contribution in [2.24, 2.45) is 11.7 Å². The van der Waals surface area contributed by atoms with E-state index in [0.29, 0.717) is 16.7 Å². The molecule has 0 aromatic heterocycles. The summed E-state index contributed by atoms with van der Waals surface area (Å²) >= 11 is 4.90. The second-order valence-corrected chi connectivity index (χ2v) is 5.87. The number of rotatable bonds is 5. The SMILES string of the molecule is CCC1CCCN(C(=O)COc2ccc(C(N)=S)cc2)C1. The minimum Gasteiger partial charge on any atom is -0.484 e. The van der Waals surface area contributed by atoms with E-state index in [1.165, 1.54) is 6.42 Å². The molecule has 114 valence electrons. The number of carbonyl (C=O) groups excluding carboxylic acids is 1. The first-order chi connectivity index (χ1) is 10.1. The Kier molecular flexibility index (Phi) is 5.56. The maximum atomic E-state index is 12.2. The van der Waals surface area contributed by atoms with Crippen molar-refractivity contribution in [3.8, 4) is 5.75 Å². The Labute approximate surface area is 131 Å². The summed E-state index contributed by atoms with van der Waals surface area (Å²) < 4.78 is 5.55. The number of likely N-dealkylation sites (tertiary alicyclic amines) is 1. The van der Waals surface area contributed by atoms with Crippen molar-refractivity contribution in [3.05, 3.63) is 29.8 Å². The fourth-order valence-corrected chi connectivity index (χ4v) is 2.71. The van der Waals surface area contributed by atoms with E-state index in [1.54, 1.807) is 24.3 Å². The number of amides is 1. The zero-order valence-electron chi connectivity index (χ0n) is 12.4. The van der Waals surface area contributed by atoms with E-state index in [-0.39, 0.29) is 12.5 Å². The highest BCUT2D eigenvalue weighted by Crippen LogP contribution is 2.19. The molecule has 1 unspecified atom stereocenters. The number of hydrogen-bond donors (Lipinski definition) is 1. The van der Waals surface area contributed by atoms with E-state index in [1.807, 2.05) is 4.90 Å². The molecule has 1 aliphatic heterocycles. The first-order valence-corrected chi connectivity index (χ1v) is 7.81. The van der Waals surface area contributed by atoms with Crippen molar-refractivity contribution in [1.29, 1.82) is 0 Å². The molecule has 2 rings (SSSR count). The molecule has 0 radical (unpaired) electrons. The predicted molar refractivity (Wildman–Crippen MR) is 87.4 cm³/mol. The van der Waals surface area contributed by atoms with Gasteiger partial charge in [-0.05, 0) is 43.0 Å². The third-order valence-corrected chi connectivity index (χ3v) is 4.19. The third-order valence-electron chi connectivity index (χ3n) is 3.95. The lowest BCUT2D eigenvalue weighted by molar-refractivity contribution is -0.135. The Morgan fingerprint density at radius 3 is 2.76 bits per heavy atom. The first kappa shape index (κ1) is 15.8. The van der Waals surface area contributed by atoms with Crippen LogP contribution < -0.4 is 10.5 Å². The second-order valence-electron chi connectivity index (χ2n) is 5.43. The van der Waals surface area contributed by atoms with E-state index < -0.39 is 0 Å². The van der Waals surface area contributed by atoms with Gasteiger partial charge >= 0.3 is 0 Å². The quantitative estimate of drug-likeness (QED) is 0.849. The fourth-order valence-electron chi connectivity index (χ4n) is 2.58. The van der Waals surface area contributed by atoms with Crippen LogP contribution in [-0.4, -0.2) is 35.5 Å². The summed E-state index contributed by atoms with van der Waals surface area (Å²) in [7, 11) is 0. The zero-order chi connectivity index (χ0) is 15.2. The first-order valence-electron chi connectivity index (χ1n) is 7.40. The molecule has 5 heteroatoms. The van der Waals surface area contributed by atoms with Crippen LogP contribution in [0.2, 0.25) is 0 Å². The number of nitrogens with two attached hydrogens (primary N) is 1. The second kappa shape index (κ2) is 7.41. The van der Waals surface area contributed by atoms with Crippen molar-refractivity contribution in [1.82, 2.24) is 4.90 Å². The number of nitrogens with zero attached hydrogens (tertiary/aromatic N) is 1. The summed E-state index contributed by atoms with van der Waals surface area (Å²) in [6.45, 7) is 3.97. The molecule has 0 spiro atoms. The van der Waals surface area contributed by atoms with Crippen molar-refractivity contribution < 1.29 is 9.53 Å². The number of thiocarbonyl (C=S) groups is 1. The van der Waals surface area contributed by atoms with E-state index in [0.717, 1.165) is 31.5 Å². The van der Waals surface area contributed by atoms with Crippen molar-refractivity contribution in [2.75, 3.05) is 19.7 Å². The topological polar surface area (TPSA) is 55.6 Å². The molecular formula is C16H22N2O2S. The van der Waals surface area contributed by atoms with Gasteiger partial charge in [-0.25, -0.2) is 0 Å². The molecule has 1 fully saturated rings. The lowest BCUT2D eigenvalue weighted by Crippen LogP contribution is -2.42. The Hall–Kier alpha value is -1.62. The van der Waals surface area contributed by atoms with Gasteiger partial charge in [0.25, 0.3) is 5.91 Å². The smallest absolute Gasteiger partial charge is 0.260 e. The van der Waals surface area contributed by atoms with Gasteiger partial charge in [-0.1, -0.05) is 25.6 Å². The largest absolute Gasteiger partial charge is 0.484 e. The van der Waals surface area contributed by atoms with Crippen LogP contribution in [0.15, 0.2) is 24.3 Å². The van der Waals surface area contributed by atoms with Crippen LogP contribution in [0.25, 0.3) is 0 Å². The van der Waals surface area contributed by atoms with E-state index >= 15 is 0 Å². The molecule has 1 aromatic rings. The van der Waals surface area contributed by atoms with Crippen molar-refractivity contribution >= 4 is 23.1 Å². The van der Waals surface area contributed by atoms with Crippen LogP contribution in [0.5, 0.6) is 5.75 Å². The molecule has 2 N–H and O–H groups in total. The van der Waals surface area contributed by atoms with Crippen LogP contribution in [0.3, 0.4) is 0 Å². The van der Waals surface area contributed by atoms with Gasteiger partial charge in [0, 0.05) is 18.7 Å². The zero-order valence-corrected chi connectivity index (χ0v) is 13.2. The lowest BCUT2D eigenvalue weighted by Gasteiger charge is -2.32. The van der Waals surface area contributed by atoms with E-state index in [2.05, 4.69) is 6.92 Å². The maximum absolute atomic E-state index is 12.2. The Bertz CT molecular complexity index is 502. The van der Waals surface area contributed by atoms with Gasteiger partial charge < -0.3 is 15.4 Å². The molecule has 1 saturated heterocycles. The lowest BCUT2D eigenvalue weighted by atomic mass is 9.96. The number of carbonyl (C=O) groups is 1. The summed E-state index contributed by atoms with van der Waals surface area (Å²) in [6.07, 6.45) is 3.44. The van der Waals surface area contributed by atoms with Crippen LogP contribution in [0, 0.1) is 5.92 Å². The molecule has 21 heavy (non-hydrogen) atoms. The molecule has 1 aliphatic rings. The Balaban J connectivity index is 1.84. The van der Waals surface area contributed by atoms with Crippen LogP contribution >= 0.6 is 12.2 Å². The highest BCUT2D eigenvalue weighted by Gasteiger charge is 2.22. The Morgan fingerprint density at radius 2 is 2.14 bits per heavy atom. The van der Waals surface area contributed by atoms with Gasteiger partial charge in [0.2, 0.25) is 0 Å². The van der Waals surface area contributed by atoms with E-state index in [9.17, 15) is 4.79 Å². The molecule has 1 amide bonds. The monoisotopic (exact) mass is 306 g/mol. The minimum absolute atomic E-state index is 0.0616. The number of hydrogen-bond acceptors (Lipinski definition) is 3. The molecule has 1 heterocycles. The molecule has 0 bridgehead atoms. The summed E-state index contributed by atoms with van der Waals surface area (Å²) in [5, 5.41) is 0. The minimum atomic E-state index is 0.0616. The molecular weight excluding hydrogens is 284 g/mol. The highest BCUT2D eigenvalue weighted by molar-refractivity contribution is 7.80. The molecule has 1 aromatic carbocycles. The number of benzene rings is 1. The average molecular weight is 306 g/mol. The van der Waals surface area contributed by atoms with Crippen LogP contribution in [-0.2, 0) is 4.79 Å². The van der Waals surface area contributed by atoms with Crippen LogP contribution in [0.1, 0.15) is 31.7 Å². The standard InChI is InChI=1S/C16H22N2O2S/c1-2-12-4-3-9-18(10-12)15(19)11-20-14-7-5-13(6-8-14)16(17)21/h5-8,12H,2-4,9-11H2,1H3,(H2,17,21). The van der Waals surface area contributed by atoms with Gasteiger partial charge in [0.1, 0.15) is 10.7 Å². The fraction of sp³-hybridized carbons (Fsp3) is 0.500. The molecule has 4 nitrogen and oxygen atoms in total. The van der Waals surface area contributed by atoms with Gasteiger partial charge in [0.05, 0.1) is 0 Å². The van der Waals surface area contributed by atoms with Gasteiger partial charge in [-0.3, -0.25) is 4.79 Å². The van der Waals surface area contributed by atoms with Crippen molar-refractivity contribution in [3.63, 3.8) is 0 Å². The number of ether oxygens (including phenoxy) is 1. The molecule has 1 atom stereocenters. The third kappa shape index (κ3) is 4.43. The highest BCUT2D eigenvalue weighted by atomic mass is 32.1. The molecule has 0 saturated carbocycles.